The largest absolute Gasteiger partial charge is 0.389 e. The molecule has 2 N–H and O–H groups in total. The summed E-state index contributed by atoms with van der Waals surface area (Å²) in [5.41, 5.74) is 1.93. The number of anilines is 1. The molecule has 1 unspecified atom stereocenters. The van der Waals surface area contributed by atoms with Crippen LogP contribution in [-0.4, -0.2) is 44.2 Å². The molecule has 1 rings (SSSR count). The van der Waals surface area contributed by atoms with Crippen molar-refractivity contribution >= 4 is 17.3 Å². The summed E-state index contributed by atoms with van der Waals surface area (Å²) < 4.78 is 10.7. The molecule has 0 spiro atoms. The summed E-state index contributed by atoms with van der Waals surface area (Å²) in [6.45, 7) is 6.67. The third-order valence-corrected chi connectivity index (χ3v) is 3.45. The third-order valence-electron chi connectivity index (χ3n) is 3.04. The van der Waals surface area contributed by atoms with Crippen molar-refractivity contribution in [1.29, 1.82) is 0 Å². The van der Waals surface area contributed by atoms with Crippen molar-refractivity contribution in [2.45, 2.75) is 32.8 Å². The normalized spacial score (nSPS) is 12.4. The first kappa shape index (κ1) is 18.2. The van der Waals surface area contributed by atoms with Crippen LogP contribution in [0.3, 0.4) is 0 Å². The van der Waals surface area contributed by atoms with E-state index in [1.807, 2.05) is 25.1 Å². The van der Waals surface area contributed by atoms with E-state index in [-0.39, 0.29) is 0 Å². The zero-order chi connectivity index (χ0) is 15.5. The number of ether oxygens (including phenoxy) is 2. The van der Waals surface area contributed by atoms with Gasteiger partial charge in [-0.25, -0.2) is 0 Å². The fraction of sp³-hybridized carbons (Fsp3) is 0.625. The molecule has 0 bridgehead atoms. The maximum absolute atomic E-state index is 9.81. The minimum Gasteiger partial charge on any atom is -0.389 e. The lowest BCUT2D eigenvalue weighted by Gasteiger charge is -2.14. The predicted octanol–water partition coefficient (Wildman–Crippen LogP) is 3.25. The molecule has 0 saturated heterocycles. The number of benzene rings is 1. The van der Waals surface area contributed by atoms with Gasteiger partial charge in [0.2, 0.25) is 0 Å². The Morgan fingerprint density at radius 2 is 2.00 bits per heavy atom. The van der Waals surface area contributed by atoms with Crippen LogP contribution in [0.5, 0.6) is 0 Å². The van der Waals surface area contributed by atoms with Gasteiger partial charge in [-0.3, -0.25) is 0 Å². The summed E-state index contributed by atoms with van der Waals surface area (Å²) in [5.74, 6) is 0. The minimum atomic E-state index is -0.555. The topological polar surface area (TPSA) is 50.7 Å². The molecule has 0 aliphatic carbocycles. The molecule has 1 aromatic rings. The van der Waals surface area contributed by atoms with Crippen LogP contribution in [0.15, 0.2) is 18.2 Å². The number of halogens is 1. The van der Waals surface area contributed by atoms with Gasteiger partial charge in [-0.2, -0.15) is 0 Å². The first-order chi connectivity index (χ1) is 10.1. The minimum absolute atomic E-state index is 0.295. The van der Waals surface area contributed by atoms with Gasteiger partial charge in [-0.1, -0.05) is 31.0 Å². The maximum atomic E-state index is 9.81. The second kappa shape index (κ2) is 10.9. The van der Waals surface area contributed by atoms with E-state index in [9.17, 15) is 5.11 Å². The van der Waals surface area contributed by atoms with Crippen LogP contribution in [0.2, 0.25) is 5.02 Å². The van der Waals surface area contributed by atoms with Gasteiger partial charge < -0.3 is 19.9 Å². The lowest BCUT2D eigenvalue weighted by Crippen LogP contribution is -2.25. The molecule has 5 heteroatoms. The van der Waals surface area contributed by atoms with Crippen molar-refractivity contribution in [2.24, 2.45) is 0 Å². The van der Waals surface area contributed by atoms with Gasteiger partial charge in [-0.05, 0) is 31.0 Å². The highest BCUT2D eigenvalue weighted by Crippen LogP contribution is 2.19. The van der Waals surface area contributed by atoms with E-state index < -0.39 is 6.10 Å². The molecule has 1 aromatic carbocycles. The van der Waals surface area contributed by atoms with Crippen molar-refractivity contribution in [3.8, 4) is 0 Å². The number of aliphatic hydroxyl groups is 1. The molecule has 0 heterocycles. The van der Waals surface area contributed by atoms with E-state index in [0.29, 0.717) is 26.4 Å². The average molecular weight is 316 g/mol. The second-order valence-electron chi connectivity index (χ2n) is 5.04. The van der Waals surface area contributed by atoms with Crippen LogP contribution in [0, 0.1) is 6.92 Å². The predicted molar refractivity (Wildman–Crippen MR) is 87.2 cm³/mol. The zero-order valence-electron chi connectivity index (χ0n) is 12.9. The first-order valence-corrected chi connectivity index (χ1v) is 7.85. The molecule has 0 amide bonds. The van der Waals surface area contributed by atoms with E-state index in [4.69, 9.17) is 21.1 Å². The lowest BCUT2D eigenvalue weighted by molar-refractivity contribution is 0.00749. The van der Waals surface area contributed by atoms with Gasteiger partial charge in [0.05, 0.1) is 25.9 Å². The Morgan fingerprint density at radius 3 is 2.71 bits per heavy atom. The Labute approximate surface area is 132 Å². The summed E-state index contributed by atoms with van der Waals surface area (Å²) >= 11 is 6.04. The van der Waals surface area contributed by atoms with Crippen molar-refractivity contribution in [3.05, 3.63) is 28.8 Å². The number of unbranched alkanes of at least 4 members (excludes halogenated alkanes) is 1. The van der Waals surface area contributed by atoms with E-state index in [0.717, 1.165) is 35.7 Å². The number of nitrogens with one attached hydrogen (secondary N) is 1. The molecule has 1 atom stereocenters. The number of rotatable bonds is 11. The number of aryl methyl sites for hydroxylation is 1. The summed E-state index contributed by atoms with van der Waals surface area (Å²) in [7, 11) is 0. The Balaban J connectivity index is 2.08. The van der Waals surface area contributed by atoms with Crippen LogP contribution in [0.25, 0.3) is 0 Å². The van der Waals surface area contributed by atoms with Gasteiger partial charge >= 0.3 is 0 Å². The molecule has 4 nitrogen and oxygen atoms in total. The summed E-state index contributed by atoms with van der Waals surface area (Å²) in [5, 5.41) is 13.7. The first-order valence-electron chi connectivity index (χ1n) is 7.47. The van der Waals surface area contributed by atoms with Crippen LogP contribution in [0.1, 0.15) is 25.3 Å². The van der Waals surface area contributed by atoms with Crippen molar-refractivity contribution in [2.75, 3.05) is 38.3 Å². The maximum Gasteiger partial charge on any atom is 0.0945 e. The molecule has 0 aliphatic heterocycles. The molecule has 0 aliphatic rings. The summed E-state index contributed by atoms with van der Waals surface area (Å²) in [6.07, 6.45) is 1.65. The van der Waals surface area contributed by atoms with Gasteiger partial charge in [0.15, 0.2) is 0 Å². The second-order valence-corrected chi connectivity index (χ2v) is 5.45. The molecular weight excluding hydrogens is 290 g/mol. The standard InChI is InChI=1S/C16H26ClNO3/c1-3-4-7-20-8-9-21-12-15(19)11-18-14-6-5-13(2)16(17)10-14/h5-6,10,15,18-19H,3-4,7-9,11-12H2,1-2H3. The highest BCUT2D eigenvalue weighted by molar-refractivity contribution is 6.31. The van der Waals surface area contributed by atoms with Gasteiger partial charge in [0.1, 0.15) is 0 Å². The smallest absolute Gasteiger partial charge is 0.0945 e. The average Bonchev–Trinajstić information content (AvgIpc) is 2.47. The quantitative estimate of drug-likeness (QED) is 0.615. The number of hydrogen-bond acceptors (Lipinski definition) is 4. The molecule has 0 aromatic heterocycles. The Bertz CT molecular complexity index is 401. The van der Waals surface area contributed by atoms with E-state index in [1.54, 1.807) is 0 Å². The van der Waals surface area contributed by atoms with Gasteiger partial charge in [0, 0.05) is 23.9 Å². The van der Waals surface area contributed by atoms with Crippen LogP contribution in [-0.2, 0) is 9.47 Å². The molecule has 0 radical (unpaired) electrons. The van der Waals surface area contributed by atoms with Gasteiger partial charge in [0.25, 0.3) is 0 Å². The molecule has 120 valence electrons. The van der Waals surface area contributed by atoms with Crippen LogP contribution in [0.4, 0.5) is 5.69 Å². The lowest BCUT2D eigenvalue weighted by atomic mass is 10.2. The number of aliphatic hydroxyl groups excluding tert-OH is 1. The Hall–Kier alpha value is -0.810. The summed E-state index contributed by atoms with van der Waals surface area (Å²) in [6, 6.07) is 5.74. The monoisotopic (exact) mass is 315 g/mol. The molecule has 0 fully saturated rings. The number of hydrogen-bond donors (Lipinski definition) is 2. The third kappa shape index (κ3) is 8.27. The highest BCUT2D eigenvalue weighted by atomic mass is 35.5. The van der Waals surface area contributed by atoms with Crippen LogP contribution >= 0.6 is 11.6 Å². The molecule has 21 heavy (non-hydrogen) atoms. The van der Waals surface area contributed by atoms with E-state index in [1.165, 1.54) is 0 Å². The SMILES string of the molecule is CCCCOCCOCC(O)CNc1ccc(C)c(Cl)c1. The molecule has 0 saturated carbocycles. The summed E-state index contributed by atoms with van der Waals surface area (Å²) in [4.78, 5) is 0. The Morgan fingerprint density at radius 1 is 1.24 bits per heavy atom. The van der Waals surface area contributed by atoms with Crippen LogP contribution < -0.4 is 5.32 Å². The van der Waals surface area contributed by atoms with E-state index >= 15 is 0 Å². The van der Waals surface area contributed by atoms with Crippen molar-refractivity contribution in [1.82, 2.24) is 0 Å². The molecular formula is C16H26ClNO3. The van der Waals surface area contributed by atoms with Crippen molar-refractivity contribution in [3.63, 3.8) is 0 Å². The zero-order valence-corrected chi connectivity index (χ0v) is 13.7. The van der Waals surface area contributed by atoms with Crippen molar-refractivity contribution < 1.29 is 14.6 Å². The van der Waals surface area contributed by atoms with Gasteiger partial charge in [-0.15, -0.1) is 0 Å². The Kier molecular flexibility index (Phi) is 9.42. The fourth-order valence-corrected chi connectivity index (χ4v) is 1.86. The fourth-order valence-electron chi connectivity index (χ4n) is 1.68. The van der Waals surface area contributed by atoms with E-state index in [2.05, 4.69) is 12.2 Å². The highest BCUT2D eigenvalue weighted by Gasteiger charge is 2.05.